The van der Waals surface area contributed by atoms with Crippen molar-refractivity contribution in [3.63, 3.8) is 0 Å². The van der Waals surface area contributed by atoms with E-state index in [1.165, 1.54) is 109 Å². The number of unbranched alkanes of at least 4 members (excludes halogenated alkanes) is 22. The summed E-state index contributed by atoms with van der Waals surface area (Å²) in [6, 6.07) is -1.47. The van der Waals surface area contributed by atoms with Gasteiger partial charge in [-0.2, -0.15) is 0 Å². The largest absolute Gasteiger partial charge is 0.480 e. The predicted molar refractivity (Wildman–Crippen MR) is 212 cm³/mol. The number of ether oxygens (including phenoxy) is 2. The van der Waals surface area contributed by atoms with Gasteiger partial charge >= 0.3 is 19.8 Å². The van der Waals surface area contributed by atoms with Crippen LogP contribution in [-0.4, -0.2) is 60.5 Å². The van der Waals surface area contributed by atoms with Gasteiger partial charge in [0.05, 0.1) is 19.8 Å². The van der Waals surface area contributed by atoms with E-state index in [1.54, 1.807) is 0 Å². The number of hydrogen-bond donors (Lipinski definition) is 3. The summed E-state index contributed by atoms with van der Waals surface area (Å²) in [4.78, 5) is 33.5. The summed E-state index contributed by atoms with van der Waals surface area (Å²) >= 11 is 0. The zero-order valence-electron chi connectivity index (χ0n) is 33.2. The number of rotatable bonds is 40. The normalized spacial score (nSPS) is 14.2. The first kappa shape index (κ1) is 50.5. The Bertz CT molecular complexity index is 930. The molecule has 0 aromatic rings. The van der Waals surface area contributed by atoms with Crippen molar-refractivity contribution >= 4 is 19.8 Å². The SMILES string of the molecule is CCC/C=C\C/C=C\CCCCCCCCOCC(COP(=O)(O)OCC(N)C(=O)O)OC(=O)CCCCCCCCCCCCCCCCCC. The minimum absolute atomic E-state index is 0.0132. The highest BCUT2D eigenvalue weighted by Crippen LogP contribution is 2.43. The van der Waals surface area contributed by atoms with Crippen LogP contribution in [0.4, 0.5) is 0 Å². The second-order valence-electron chi connectivity index (χ2n) is 14.1. The molecule has 3 atom stereocenters. The summed E-state index contributed by atoms with van der Waals surface area (Å²) in [6.45, 7) is 3.81. The smallest absolute Gasteiger partial charge is 0.472 e. The molecule has 0 aromatic heterocycles. The van der Waals surface area contributed by atoms with E-state index in [1.807, 2.05) is 0 Å². The van der Waals surface area contributed by atoms with Crippen LogP contribution in [0.2, 0.25) is 0 Å². The highest BCUT2D eigenvalue weighted by Gasteiger charge is 2.27. The van der Waals surface area contributed by atoms with Crippen molar-refractivity contribution in [1.29, 1.82) is 0 Å². The van der Waals surface area contributed by atoms with Gasteiger partial charge in [-0.3, -0.25) is 18.6 Å². The van der Waals surface area contributed by atoms with Crippen molar-refractivity contribution in [2.75, 3.05) is 26.4 Å². The molecule has 0 saturated carbocycles. The van der Waals surface area contributed by atoms with Gasteiger partial charge in [-0.05, 0) is 38.5 Å². The number of hydrogen-bond acceptors (Lipinski definition) is 8. The lowest BCUT2D eigenvalue weighted by molar-refractivity contribution is -0.154. The fourth-order valence-corrected chi connectivity index (χ4v) is 6.48. The third-order valence-corrected chi connectivity index (χ3v) is 9.92. The van der Waals surface area contributed by atoms with E-state index in [9.17, 15) is 19.0 Å². The first-order chi connectivity index (χ1) is 25.2. The molecular weight excluding hydrogens is 681 g/mol. The highest BCUT2D eigenvalue weighted by atomic mass is 31.2. The molecule has 0 fully saturated rings. The number of carbonyl (C=O) groups is 2. The third-order valence-electron chi connectivity index (χ3n) is 8.96. The van der Waals surface area contributed by atoms with Crippen molar-refractivity contribution in [1.82, 2.24) is 0 Å². The monoisotopic (exact) mass is 760 g/mol. The molecule has 0 aliphatic rings. The quantitative estimate of drug-likeness (QED) is 0.0238. The first-order valence-corrected chi connectivity index (χ1v) is 22.4. The number of carboxylic acids is 1. The van der Waals surface area contributed by atoms with Crippen molar-refractivity contribution in [2.45, 2.75) is 199 Å². The van der Waals surface area contributed by atoms with Crippen LogP contribution in [0.25, 0.3) is 0 Å². The zero-order chi connectivity index (χ0) is 38.4. The van der Waals surface area contributed by atoms with Crippen molar-refractivity contribution in [3.8, 4) is 0 Å². The molecule has 10 nitrogen and oxygen atoms in total. The summed E-state index contributed by atoms with van der Waals surface area (Å²) in [5.41, 5.74) is 5.35. The van der Waals surface area contributed by atoms with Gasteiger partial charge in [0.25, 0.3) is 0 Å². The lowest BCUT2D eigenvalue weighted by atomic mass is 10.0. The molecule has 0 bridgehead atoms. The first-order valence-electron chi connectivity index (χ1n) is 20.9. The predicted octanol–water partition coefficient (Wildman–Crippen LogP) is 11.1. The highest BCUT2D eigenvalue weighted by molar-refractivity contribution is 7.47. The number of carboxylic acid groups (broad SMARTS) is 1. The standard InChI is InChI=1S/C41H78NO9P/c1-3-5-7-9-11-13-15-17-19-20-21-23-25-27-29-31-33-40(43)51-38(36-49-52(46,47)50-37-39(42)41(44)45)35-48-34-32-30-28-26-24-22-18-16-14-12-10-8-6-4-2/h8,10,14,16,38-39H,3-7,9,11-13,15,17-37,42H2,1-2H3,(H,44,45)(H,46,47)/b10-8-,16-14-. The summed E-state index contributed by atoms with van der Waals surface area (Å²) in [5, 5.41) is 8.88. The van der Waals surface area contributed by atoms with E-state index in [0.717, 1.165) is 51.4 Å². The molecule has 4 N–H and O–H groups in total. The van der Waals surface area contributed by atoms with Gasteiger partial charge in [-0.15, -0.1) is 0 Å². The van der Waals surface area contributed by atoms with Gasteiger partial charge < -0.3 is 25.2 Å². The number of phosphoric ester groups is 1. The summed E-state index contributed by atoms with van der Waals surface area (Å²) in [5.74, 6) is -1.78. The summed E-state index contributed by atoms with van der Waals surface area (Å²) in [7, 11) is -4.61. The zero-order valence-corrected chi connectivity index (χ0v) is 34.1. The van der Waals surface area contributed by atoms with E-state index in [0.29, 0.717) is 13.0 Å². The summed E-state index contributed by atoms with van der Waals surface area (Å²) < 4.78 is 33.3. The molecule has 3 unspecified atom stereocenters. The Morgan fingerprint density at radius 1 is 0.615 bits per heavy atom. The van der Waals surface area contributed by atoms with Crippen LogP contribution in [-0.2, 0) is 32.7 Å². The molecule has 306 valence electrons. The average Bonchev–Trinajstić information content (AvgIpc) is 3.12. The van der Waals surface area contributed by atoms with Crippen molar-refractivity contribution in [2.24, 2.45) is 5.73 Å². The second-order valence-corrected chi connectivity index (χ2v) is 15.6. The van der Waals surface area contributed by atoms with Crippen LogP contribution in [0, 0.1) is 0 Å². The molecule has 0 radical (unpaired) electrons. The molecule has 11 heteroatoms. The van der Waals surface area contributed by atoms with Crippen LogP contribution in [0.15, 0.2) is 24.3 Å². The number of esters is 1. The maximum absolute atomic E-state index is 12.6. The lowest BCUT2D eigenvalue weighted by Gasteiger charge is -2.20. The van der Waals surface area contributed by atoms with E-state index in [-0.39, 0.29) is 13.0 Å². The fourth-order valence-electron chi connectivity index (χ4n) is 5.70. The van der Waals surface area contributed by atoms with Crippen molar-refractivity contribution in [3.05, 3.63) is 24.3 Å². The maximum Gasteiger partial charge on any atom is 0.472 e. The second kappa shape index (κ2) is 37.8. The number of aliphatic carboxylic acids is 1. The topological polar surface area (TPSA) is 155 Å². The van der Waals surface area contributed by atoms with Gasteiger partial charge in [0.2, 0.25) is 0 Å². The van der Waals surface area contributed by atoms with E-state index in [2.05, 4.69) is 38.2 Å². The Kier molecular flexibility index (Phi) is 36.6. The number of nitrogens with two attached hydrogens (primary N) is 1. The third kappa shape index (κ3) is 36.8. The van der Waals surface area contributed by atoms with Crippen LogP contribution >= 0.6 is 7.82 Å². The van der Waals surface area contributed by atoms with Crippen LogP contribution in [0.3, 0.4) is 0 Å². The molecule has 0 saturated heterocycles. The van der Waals surface area contributed by atoms with Gasteiger partial charge in [-0.25, -0.2) is 4.57 Å². The molecule has 0 amide bonds. The molecule has 0 heterocycles. The Balaban J connectivity index is 4.25. The van der Waals surface area contributed by atoms with Gasteiger partial charge in [0.15, 0.2) is 0 Å². The van der Waals surface area contributed by atoms with Gasteiger partial charge in [0, 0.05) is 13.0 Å². The number of phosphoric acid groups is 1. The average molecular weight is 760 g/mol. The van der Waals surface area contributed by atoms with Crippen LogP contribution < -0.4 is 5.73 Å². The number of carbonyl (C=O) groups excluding carboxylic acids is 1. The summed E-state index contributed by atoms with van der Waals surface area (Å²) in [6.07, 6.45) is 39.4. The Morgan fingerprint density at radius 2 is 1.10 bits per heavy atom. The van der Waals surface area contributed by atoms with E-state index >= 15 is 0 Å². The molecule has 0 aliphatic heterocycles. The van der Waals surface area contributed by atoms with Crippen LogP contribution in [0.5, 0.6) is 0 Å². The Hall–Kier alpha value is -1.55. The minimum Gasteiger partial charge on any atom is -0.480 e. The molecule has 0 spiro atoms. The maximum atomic E-state index is 12.6. The minimum atomic E-state index is -4.61. The van der Waals surface area contributed by atoms with Crippen molar-refractivity contribution < 1.29 is 42.7 Å². The molecule has 0 aliphatic carbocycles. The number of allylic oxidation sites excluding steroid dienone is 4. The molecule has 0 rings (SSSR count). The van der Waals surface area contributed by atoms with Crippen LogP contribution in [0.1, 0.15) is 187 Å². The van der Waals surface area contributed by atoms with Gasteiger partial charge in [0.1, 0.15) is 12.1 Å². The Morgan fingerprint density at radius 3 is 1.63 bits per heavy atom. The van der Waals surface area contributed by atoms with Gasteiger partial charge in [-0.1, -0.05) is 167 Å². The lowest BCUT2D eigenvalue weighted by Crippen LogP contribution is -2.34. The molecule has 0 aromatic carbocycles. The Labute approximate surface area is 317 Å². The fraction of sp³-hybridized carbons (Fsp3) is 0.854. The molecule has 52 heavy (non-hydrogen) atoms. The van der Waals surface area contributed by atoms with E-state index < -0.39 is 45.1 Å². The molecular formula is C41H78NO9P. The van der Waals surface area contributed by atoms with E-state index in [4.69, 9.17) is 29.4 Å².